The molecular weight excluding hydrogens is 218 g/mol. The molecule has 1 saturated heterocycles. The van der Waals surface area contributed by atoms with Crippen LogP contribution in [0.3, 0.4) is 0 Å². The molecule has 0 amide bonds. The maximum absolute atomic E-state index is 8.81. The minimum Gasteiger partial charge on any atom is -0.396 e. The molecule has 1 N–H and O–H groups in total. The number of aliphatic hydroxyl groups is 1. The molecule has 0 aromatic rings. The van der Waals surface area contributed by atoms with E-state index in [4.69, 9.17) is 5.11 Å². The van der Waals surface area contributed by atoms with E-state index in [-0.39, 0.29) is 0 Å². The summed E-state index contributed by atoms with van der Waals surface area (Å²) in [5, 5.41) is 8.81. The van der Waals surface area contributed by atoms with Crippen molar-refractivity contribution >= 4 is 11.8 Å². The van der Waals surface area contributed by atoms with Gasteiger partial charge in [-0.05, 0) is 32.2 Å². The highest BCUT2D eigenvalue weighted by atomic mass is 32.2. The molecule has 95 valence electrons. The fourth-order valence-corrected chi connectivity index (χ4v) is 3.41. The van der Waals surface area contributed by atoms with E-state index in [1.807, 2.05) is 0 Å². The predicted octanol–water partition coefficient (Wildman–Crippen LogP) is 2.57. The molecule has 1 aliphatic heterocycles. The Labute approximate surface area is 105 Å². The van der Waals surface area contributed by atoms with Crippen molar-refractivity contribution in [1.82, 2.24) is 4.90 Å². The minimum absolute atomic E-state index is 0.349. The second-order valence-corrected chi connectivity index (χ2v) is 5.69. The maximum Gasteiger partial charge on any atom is 0.0431 e. The Bertz CT molecular complexity index is 148. The summed E-state index contributed by atoms with van der Waals surface area (Å²) < 4.78 is 0. The fourth-order valence-electron chi connectivity index (χ4n) is 2.23. The highest BCUT2D eigenvalue weighted by Crippen LogP contribution is 2.21. The smallest absolute Gasteiger partial charge is 0.0431 e. The van der Waals surface area contributed by atoms with Gasteiger partial charge in [0.15, 0.2) is 0 Å². The van der Waals surface area contributed by atoms with E-state index >= 15 is 0 Å². The molecule has 0 saturated carbocycles. The highest BCUT2D eigenvalue weighted by Gasteiger charge is 2.21. The summed E-state index contributed by atoms with van der Waals surface area (Å²) in [6.07, 6.45) is 7.02. The van der Waals surface area contributed by atoms with Crippen LogP contribution in [0.2, 0.25) is 0 Å². The average molecular weight is 244 g/mol. The van der Waals surface area contributed by atoms with Gasteiger partial charge in [0, 0.05) is 30.7 Å². The monoisotopic (exact) mass is 244 g/mol. The van der Waals surface area contributed by atoms with Crippen molar-refractivity contribution in [2.45, 2.75) is 44.6 Å². The van der Waals surface area contributed by atoms with Crippen molar-refractivity contribution in [3.05, 3.63) is 6.92 Å². The second-order valence-electron chi connectivity index (χ2n) is 4.54. The van der Waals surface area contributed by atoms with Crippen LogP contribution in [0.15, 0.2) is 0 Å². The van der Waals surface area contributed by atoms with Crippen LogP contribution in [0.5, 0.6) is 0 Å². The van der Waals surface area contributed by atoms with Crippen LogP contribution >= 0.6 is 11.8 Å². The molecule has 2 nitrogen and oxygen atoms in total. The normalized spacial score (nSPS) is 22.5. The Morgan fingerprint density at radius 3 is 2.88 bits per heavy atom. The van der Waals surface area contributed by atoms with Crippen LogP contribution in [-0.4, -0.2) is 47.3 Å². The molecule has 1 fully saturated rings. The van der Waals surface area contributed by atoms with Gasteiger partial charge < -0.3 is 5.11 Å². The quantitative estimate of drug-likeness (QED) is 0.664. The Hall–Kier alpha value is 0.270. The molecule has 1 radical (unpaired) electrons. The summed E-state index contributed by atoms with van der Waals surface area (Å²) in [7, 11) is 0. The summed E-state index contributed by atoms with van der Waals surface area (Å²) in [6, 6.07) is 0.759. The molecular formula is C13H26NOS. The number of nitrogens with zero attached hydrogens (tertiary/aromatic N) is 1. The van der Waals surface area contributed by atoms with Crippen molar-refractivity contribution in [3.63, 3.8) is 0 Å². The van der Waals surface area contributed by atoms with Crippen molar-refractivity contribution in [2.75, 3.05) is 31.2 Å². The van der Waals surface area contributed by atoms with Gasteiger partial charge in [0.05, 0.1) is 0 Å². The summed E-state index contributed by atoms with van der Waals surface area (Å²) in [6.45, 7) is 6.75. The van der Waals surface area contributed by atoms with Crippen molar-refractivity contribution in [2.24, 2.45) is 0 Å². The average Bonchev–Trinajstić information content (AvgIpc) is 2.32. The molecule has 0 aromatic carbocycles. The first-order valence-corrected chi connectivity index (χ1v) is 7.76. The van der Waals surface area contributed by atoms with Gasteiger partial charge in [-0.1, -0.05) is 19.8 Å². The van der Waals surface area contributed by atoms with E-state index < -0.39 is 0 Å². The van der Waals surface area contributed by atoms with Crippen LogP contribution in [0.25, 0.3) is 0 Å². The molecule has 1 aliphatic rings. The summed E-state index contributed by atoms with van der Waals surface area (Å²) in [5.74, 6) is 2.58. The van der Waals surface area contributed by atoms with E-state index in [1.165, 1.54) is 50.3 Å². The topological polar surface area (TPSA) is 23.5 Å². The van der Waals surface area contributed by atoms with Gasteiger partial charge in [-0.15, -0.1) is 0 Å². The van der Waals surface area contributed by atoms with Gasteiger partial charge >= 0.3 is 0 Å². The van der Waals surface area contributed by atoms with Crippen LogP contribution in [0.1, 0.15) is 38.5 Å². The second kappa shape index (κ2) is 9.32. The first-order valence-electron chi connectivity index (χ1n) is 6.60. The van der Waals surface area contributed by atoms with E-state index in [2.05, 4.69) is 23.6 Å². The first-order chi connectivity index (χ1) is 7.88. The highest BCUT2D eigenvalue weighted by molar-refractivity contribution is 7.99. The number of thioether (sulfide) groups is 1. The molecule has 0 aromatic heterocycles. The molecule has 1 unspecified atom stereocenters. The molecule has 1 rings (SSSR count). The summed E-state index contributed by atoms with van der Waals surface area (Å²) >= 11 is 2.09. The predicted molar refractivity (Wildman–Crippen MR) is 72.8 cm³/mol. The lowest BCUT2D eigenvalue weighted by molar-refractivity contribution is 0.196. The van der Waals surface area contributed by atoms with E-state index in [0.29, 0.717) is 6.61 Å². The zero-order valence-corrected chi connectivity index (χ0v) is 11.2. The van der Waals surface area contributed by atoms with Gasteiger partial charge in [0.1, 0.15) is 0 Å². The third kappa shape index (κ3) is 5.55. The number of hydrogen-bond donors (Lipinski definition) is 1. The lowest BCUT2D eigenvalue weighted by atomic mass is 10.1. The zero-order valence-electron chi connectivity index (χ0n) is 10.4. The Balaban J connectivity index is 2.20. The molecule has 1 heterocycles. The molecule has 0 spiro atoms. The van der Waals surface area contributed by atoms with Gasteiger partial charge in [-0.25, -0.2) is 0 Å². The van der Waals surface area contributed by atoms with Crippen molar-refractivity contribution in [3.8, 4) is 0 Å². The van der Waals surface area contributed by atoms with E-state index in [0.717, 1.165) is 18.9 Å². The van der Waals surface area contributed by atoms with Crippen molar-refractivity contribution < 1.29 is 5.11 Å². The lowest BCUT2D eigenvalue weighted by Gasteiger charge is -2.35. The van der Waals surface area contributed by atoms with Crippen LogP contribution in [-0.2, 0) is 0 Å². The summed E-state index contributed by atoms with van der Waals surface area (Å²) in [4.78, 5) is 2.66. The van der Waals surface area contributed by atoms with Crippen LogP contribution in [0.4, 0.5) is 0 Å². The Morgan fingerprint density at radius 2 is 2.12 bits per heavy atom. The third-order valence-corrected chi connectivity index (χ3v) is 4.33. The molecule has 0 bridgehead atoms. The van der Waals surface area contributed by atoms with Crippen LogP contribution < -0.4 is 0 Å². The van der Waals surface area contributed by atoms with E-state index in [1.54, 1.807) is 0 Å². The third-order valence-electron chi connectivity index (χ3n) is 3.24. The zero-order chi connectivity index (χ0) is 11.6. The number of aliphatic hydroxyl groups excluding tert-OH is 1. The molecule has 3 heteroatoms. The Kier molecular flexibility index (Phi) is 8.34. The lowest BCUT2D eigenvalue weighted by Crippen LogP contribution is -2.42. The number of unbranched alkanes of at least 4 members (excludes halogenated alkanes) is 3. The molecule has 16 heavy (non-hydrogen) atoms. The van der Waals surface area contributed by atoms with Gasteiger partial charge in [0.25, 0.3) is 0 Å². The van der Waals surface area contributed by atoms with Crippen LogP contribution in [0, 0.1) is 6.92 Å². The van der Waals surface area contributed by atoms with Gasteiger partial charge in [-0.3, -0.25) is 4.90 Å². The minimum atomic E-state index is 0.349. The number of hydrogen-bond acceptors (Lipinski definition) is 3. The largest absolute Gasteiger partial charge is 0.396 e. The number of rotatable bonds is 8. The van der Waals surface area contributed by atoms with Gasteiger partial charge in [-0.2, -0.15) is 11.8 Å². The van der Waals surface area contributed by atoms with Crippen molar-refractivity contribution in [1.29, 1.82) is 0 Å². The maximum atomic E-state index is 8.81. The fraction of sp³-hybridized carbons (Fsp3) is 0.923. The van der Waals surface area contributed by atoms with Gasteiger partial charge in [0.2, 0.25) is 0 Å². The Morgan fingerprint density at radius 1 is 1.25 bits per heavy atom. The molecule has 1 atom stereocenters. The first kappa shape index (κ1) is 14.3. The summed E-state index contributed by atoms with van der Waals surface area (Å²) in [5.41, 5.74) is 0. The SMILES string of the molecule is [CH2]CCCCN1CCSCC1CCCCO. The standard InChI is InChI=1S/C13H26NOS/c1-2-3-5-8-14-9-11-16-12-13(14)7-4-6-10-15/h13,15H,1-12H2. The van der Waals surface area contributed by atoms with E-state index in [9.17, 15) is 0 Å². The molecule has 0 aliphatic carbocycles.